The summed E-state index contributed by atoms with van der Waals surface area (Å²) < 4.78 is 42.6. The number of halogens is 1. The lowest BCUT2D eigenvalue weighted by Gasteiger charge is -2.73. The molecule has 3 fully saturated rings. The summed E-state index contributed by atoms with van der Waals surface area (Å²) in [7, 11) is -3.84. The molecule has 0 radical (unpaired) electrons. The second-order valence-electron chi connectivity index (χ2n) is 11.1. The monoisotopic (exact) mass is 497 g/mol. The number of Topliss-reactive ketones (excluding diaryl/α,β-unsaturated/α-hetero) is 1. The highest BCUT2D eigenvalue weighted by Crippen LogP contribution is 2.71. The maximum absolute atomic E-state index is 13.7. The Balaban J connectivity index is 1.37. The van der Waals surface area contributed by atoms with E-state index in [9.17, 15) is 17.6 Å². The molecule has 0 aromatic heterocycles. The van der Waals surface area contributed by atoms with E-state index in [0.29, 0.717) is 32.2 Å². The Morgan fingerprint density at radius 2 is 1.71 bits per heavy atom. The van der Waals surface area contributed by atoms with Crippen LogP contribution >= 0.6 is 0 Å². The van der Waals surface area contributed by atoms with E-state index in [1.807, 2.05) is 51.1 Å². The molecule has 1 heterocycles. The summed E-state index contributed by atoms with van der Waals surface area (Å²) in [6.45, 7) is 6.65. The molecule has 2 aromatic rings. The van der Waals surface area contributed by atoms with Crippen molar-refractivity contribution in [2.75, 3.05) is 6.54 Å². The molecule has 35 heavy (non-hydrogen) atoms. The van der Waals surface area contributed by atoms with Gasteiger partial charge in [-0.05, 0) is 61.9 Å². The van der Waals surface area contributed by atoms with Crippen molar-refractivity contribution in [2.45, 2.75) is 69.0 Å². The average molecular weight is 498 g/mol. The van der Waals surface area contributed by atoms with E-state index in [2.05, 4.69) is 5.32 Å². The molecule has 3 saturated carbocycles. The number of carbonyl (C=O) groups excluding carboxylic acids is 1. The van der Waals surface area contributed by atoms with Gasteiger partial charge in [0.1, 0.15) is 17.2 Å². The van der Waals surface area contributed by atoms with E-state index < -0.39 is 26.9 Å². The van der Waals surface area contributed by atoms with E-state index in [-0.39, 0.29) is 28.6 Å². The Kier molecular flexibility index (Phi) is 5.68. The number of ketones is 1. The van der Waals surface area contributed by atoms with Crippen LogP contribution in [0.5, 0.6) is 0 Å². The minimum absolute atomic E-state index is 0.0943. The van der Waals surface area contributed by atoms with Crippen LogP contribution in [0.3, 0.4) is 0 Å². The van der Waals surface area contributed by atoms with Crippen LogP contribution in [0.25, 0.3) is 0 Å². The minimum Gasteiger partial charge on any atom is -0.360 e. The predicted octanol–water partition coefficient (Wildman–Crippen LogP) is 4.31. The number of aliphatic imine (C=N–C) groups is 1. The zero-order valence-corrected chi connectivity index (χ0v) is 21.2. The summed E-state index contributed by atoms with van der Waals surface area (Å²) in [6.07, 6.45) is 2.48. The quantitative estimate of drug-likeness (QED) is 0.560. The molecule has 0 spiro atoms. The van der Waals surface area contributed by atoms with Crippen LogP contribution in [0.15, 0.2) is 64.5 Å². The smallest absolute Gasteiger partial charge is 0.243 e. The molecule has 186 valence electrons. The number of hydrogen-bond acceptors (Lipinski definition) is 5. The van der Waals surface area contributed by atoms with Crippen molar-refractivity contribution in [1.82, 2.24) is 9.62 Å². The van der Waals surface area contributed by atoms with Gasteiger partial charge in [-0.3, -0.25) is 9.79 Å². The Bertz CT molecular complexity index is 1250. The fourth-order valence-corrected chi connectivity index (χ4v) is 7.63. The fraction of sp³-hybridized carbons (Fsp3) is 0.481. The van der Waals surface area contributed by atoms with Crippen molar-refractivity contribution in [2.24, 2.45) is 16.3 Å². The Morgan fingerprint density at radius 1 is 1.09 bits per heavy atom. The lowest BCUT2D eigenvalue weighted by Crippen LogP contribution is -2.78. The molecule has 1 aliphatic heterocycles. The first-order chi connectivity index (χ1) is 16.5. The number of amidine groups is 1. The van der Waals surface area contributed by atoms with Gasteiger partial charge in [0, 0.05) is 23.9 Å². The fourth-order valence-electron chi connectivity index (χ4n) is 5.87. The topological polar surface area (TPSA) is 78.8 Å². The maximum Gasteiger partial charge on any atom is 0.243 e. The lowest BCUT2D eigenvalue weighted by atomic mass is 9.38. The number of rotatable bonds is 9. The zero-order chi connectivity index (χ0) is 25.1. The average Bonchev–Trinajstić information content (AvgIpc) is 3.15. The highest BCUT2D eigenvalue weighted by molar-refractivity contribution is 7.89. The highest BCUT2D eigenvalue weighted by atomic mass is 32.2. The van der Waals surface area contributed by atoms with Crippen molar-refractivity contribution in [3.8, 4) is 0 Å². The van der Waals surface area contributed by atoms with Crippen LogP contribution in [0.4, 0.5) is 4.39 Å². The second kappa shape index (κ2) is 8.23. The molecule has 0 amide bonds. The second-order valence-corrected chi connectivity index (χ2v) is 13.0. The van der Waals surface area contributed by atoms with Gasteiger partial charge < -0.3 is 5.32 Å². The van der Waals surface area contributed by atoms with Gasteiger partial charge in [0.05, 0.1) is 11.4 Å². The molecular weight excluding hydrogens is 465 g/mol. The number of sulfonamides is 1. The van der Waals surface area contributed by atoms with E-state index in [1.54, 1.807) is 4.31 Å². The molecular formula is C27H32FN3O3S. The summed E-state index contributed by atoms with van der Waals surface area (Å²) in [6, 6.07) is 14.6. The Hall–Kier alpha value is -2.58. The van der Waals surface area contributed by atoms with Crippen LogP contribution in [0.2, 0.25) is 0 Å². The molecule has 0 saturated heterocycles. The van der Waals surface area contributed by atoms with Crippen molar-refractivity contribution in [3.05, 3.63) is 66.0 Å². The Morgan fingerprint density at radius 3 is 2.31 bits per heavy atom. The predicted molar refractivity (Wildman–Crippen MR) is 133 cm³/mol. The first-order valence-electron chi connectivity index (χ1n) is 12.2. The van der Waals surface area contributed by atoms with Crippen LogP contribution in [-0.4, -0.2) is 42.0 Å². The molecule has 1 N–H and O–H groups in total. The van der Waals surface area contributed by atoms with Gasteiger partial charge in [0.25, 0.3) is 0 Å². The molecule has 6 rings (SSSR count). The third-order valence-corrected chi connectivity index (χ3v) is 9.73. The minimum atomic E-state index is -3.84. The molecule has 1 atom stereocenters. The van der Waals surface area contributed by atoms with Crippen molar-refractivity contribution in [3.63, 3.8) is 0 Å². The highest BCUT2D eigenvalue weighted by Gasteiger charge is 2.75. The largest absolute Gasteiger partial charge is 0.360 e. The van der Waals surface area contributed by atoms with E-state index in [0.717, 1.165) is 11.4 Å². The number of hydrogen-bond donors (Lipinski definition) is 1. The summed E-state index contributed by atoms with van der Waals surface area (Å²) in [4.78, 5) is 17.6. The van der Waals surface area contributed by atoms with E-state index >= 15 is 0 Å². The number of benzene rings is 2. The molecule has 2 aromatic carbocycles. The lowest BCUT2D eigenvalue weighted by molar-refractivity contribution is -0.151. The summed E-state index contributed by atoms with van der Waals surface area (Å²) in [5.41, 5.74) is -0.496. The number of carbonyl (C=O) groups is 1. The van der Waals surface area contributed by atoms with Gasteiger partial charge in [-0.2, -0.15) is 4.31 Å². The van der Waals surface area contributed by atoms with Gasteiger partial charge in [-0.25, -0.2) is 12.8 Å². The molecule has 4 aliphatic rings. The van der Waals surface area contributed by atoms with Gasteiger partial charge in [0.2, 0.25) is 10.0 Å². The van der Waals surface area contributed by atoms with Crippen molar-refractivity contribution >= 4 is 21.6 Å². The van der Waals surface area contributed by atoms with Crippen LogP contribution in [0, 0.1) is 17.2 Å². The standard InChI is InChI=1S/C27H32FN3O3S/c1-19(2)13-23(32)25(3)18-29-24(30-25)26-15-27(16-26,17-26)31(14-20-7-5-4-6-8-20)35(33,34)22-11-9-21(28)10-12-22/h4-12,19H,13-18H2,1-3H3,(H,29,30)/t25-,26?,27?/m1/s1. The summed E-state index contributed by atoms with van der Waals surface area (Å²) in [5.74, 6) is 0.824. The first-order valence-corrected chi connectivity index (χ1v) is 13.6. The molecule has 2 bridgehead atoms. The van der Waals surface area contributed by atoms with E-state index in [4.69, 9.17) is 4.99 Å². The number of nitrogens with zero attached hydrogens (tertiary/aromatic N) is 2. The first kappa shape index (κ1) is 24.1. The van der Waals surface area contributed by atoms with Gasteiger partial charge in [0.15, 0.2) is 5.78 Å². The van der Waals surface area contributed by atoms with Crippen LogP contribution in [0.1, 0.15) is 52.0 Å². The SMILES string of the molecule is CC(C)CC(=O)[C@@]1(C)CN=C(C23CC(N(Cc4ccccc4)S(=O)(=O)c4ccc(F)cc4)(C2)C3)N1. The molecule has 8 heteroatoms. The van der Waals surface area contributed by atoms with Crippen LogP contribution in [-0.2, 0) is 21.4 Å². The zero-order valence-electron chi connectivity index (χ0n) is 20.4. The Labute approximate surface area is 206 Å². The third-order valence-electron chi connectivity index (χ3n) is 7.76. The summed E-state index contributed by atoms with van der Waals surface area (Å²) in [5, 5.41) is 3.43. The third kappa shape index (κ3) is 4.00. The maximum atomic E-state index is 13.7. The number of nitrogens with one attached hydrogen (secondary N) is 1. The molecule has 3 aliphatic carbocycles. The van der Waals surface area contributed by atoms with Crippen molar-refractivity contribution in [1.29, 1.82) is 0 Å². The van der Waals surface area contributed by atoms with Gasteiger partial charge in [-0.1, -0.05) is 44.2 Å². The van der Waals surface area contributed by atoms with Crippen LogP contribution < -0.4 is 5.32 Å². The molecule has 0 unspecified atom stereocenters. The van der Waals surface area contributed by atoms with Gasteiger partial charge >= 0.3 is 0 Å². The van der Waals surface area contributed by atoms with Gasteiger partial charge in [-0.15, -0.1) is 0 Å². The van der Waals surface area contributed by atoms with E-state index in [1.165, 1.54) is 24.3 Å². The molecule has 6 nitrogen and oxygen atoms in total. The normalized spacial score (nSPS) is 29.4. The summed E-state index contributed by atoms with van der Waals surface area (Å²) >= 11 is 0. The van der Waals surface area contributed by atoms with Crippen molar-refractivity contribution < 1.29 is 17.6 Å².